The molecule has 2 aromatic carbocycles. The molecule has 0 fully saturated rings. The lowest BCUT2D eigenvalue weighted by Crippen LogP contribution is -2.29. The van der Waals surface area contributed by atoms with E-state index in [-0.39, 0.29) is 37.4 Å². The number of benzene rings is 2. The second-order valence-electron chi connectivity index (χ2n) is 16.0. The van der Waals surface area contributed by atoms with E-state index in [2.05, 4.69) is 37.0 Å². The van der Waals surface area contributed by atoms with Gasteiger partial charge in [0, 0.05) is 50.7 Å². The van der Waals surface area contributed by atoms with Gasteiger partial charge < -0.3 is 32.4 Å². The van der Waals surface area contributed by atoms with E-state index in [1.54, 1.807) is 78.1 Å². The molecule has 286 valence electrons. The van der Waals surface area contributed by atoms with Crippen molar-refractivity contribution in [1.29, 1.82) is 0 Å². The zero-order valence-electron chi connectivity index (χ0n) is 31.9. The number of nitrogens with two attached hydrogens (primary N) is 2. The number of hydrogen-bond donors (Lipinski definition) is 6. The molecule has 3 amide bonds. The number of fused-ring (bicyclic) bond motifs is 1. The van der Waals surface area contributed by atoms with E-state index in [0.717, 1.165) is 27.8 Å². The monoisotopic (exact) mass is 734 g/mol. The lowest BCUT2D eigenvalue weighted by atomic mass is 9.94. The van der Waals surface area contributed by atoms with Crippen molar-refractivity contribution in [2.75, 3.05) is 27.4 Å². The average molecular weight is 735 g/mol. The van der Waals surface area contributed by atoms with Crippen molar-refractivity contribution < 1.29 is 19.2 Å². The maximum absolute atomic E-state index is 13.1. The lowest BCUT2D eigenvalue weighted by Gasteiger charge is -2.21. The smallest absolute Gasteiger partial charge is 0.230 e. The topological polar surface area (TPSA) is 198 Å². The van der Waals surface area contributed by atoms with Gasteiger partial charge in [-0.1, -0.05) is 81.9 Å². The summed E-state index contributed by atoms with van der Waals surface area (Å²) in [6.07, 6.45) is 3.18. The minimum absolute atomic E-state index is 0. The Morgan fingerprint density at radius 2 is 1.22 bits per heavy atom. The van der Waals surface area contributed by atoms with E-state index in [1.165, 1.54) is 6.20 Å². The van der Waals surface area contributed by atoms with Gasteiger partial charge in [-0.2, -0.15) is 0 Å². The number of hydrogen-bond acceptors (Lipinski definition) is 8. The van der Waals surface area contributed by atoms with Crippen LogP contribution in [0.3, 0.4) is 0 Å². The number of nitrogen functional groups attached to an aromatic ring is 2. The van der Waals surface area contributed by atoms with Crippen molar-refractivity contribution in [1.82, 2.24) is 15.0 Å². The number of nitrogens with one attached hydrogen (secondary N) is 4. The number of Topliss-reactive ketones (excluding diaryl/α,β-unsaturated/α-hetero) is 1. The zero-order valence-corrected chi connectivity index (χ0v) is 31.9. The molecule has 54 heavy (non-hydrogen) atoms. The number of nitrogens with zero attached hydrogens (tertiary/aromatic N) is 2. The summed E-state index contributed by atoms with van der Waals surface area (Å²) in [5.74, 6) is 0.0822. The standard InChI is InChI=1S/C28H38N4O4.C13H12N4.CH4/c1-26(2,3)23(34)30-19-12-10-17(11-13-19)21(33)14-18-15-22(32-25(36)28(7,8)9)29-16-20(18)31-24(35)27(4,5)6;14-10-3-1-8(2-4-10)11-5-9-6-13(15)16-7-12(9)17-11;/h10-13,15-16H,14H2,1-9H3,(H,30,34)(H,31,35)(H,29,32,36);1-7,17H,14H2,(H2,15,16);1H4. The van der Waals surface area contributed by atoms with Crippen LogP contribution in [0, 0.1) is 16.2 Å². The predicted octanol–water partition coefficient (Wildman–Crippen LogP) is 8.49. The third-order valence-electron chi connectivity index (χ3n) is 8.09. The van der Waals surface area contributed by atoms with Gasteiger partial charge in [-0.25, -0.2) is 9.97 Å². The van der Waals surface area contributed by atoms with Crippen LogP contribution >= 0.6 is 0 Å². The Morgan fingerprint density at radius 1 is 0.667 bits per heavy atom. The van der Waals surface area contributed by atoms with E-state index in [0.29, 0.717) is 34.1 Å². The van der Waals surface area contributed by atoms with E-state index in [4.69, 9.17) is 11.5 Å². The van der Waals surface area contributed by atoms with Crippen LogP contribution in [0.25, 0.3) is 22.2 Å². The molecule has 5 rings (SSSR count). The second kappa shape index (κ2) is 16.7. The fourth-order valence-electron chi connectivity index (χ4n) is 4.64. The first-order valence-electron chi connectivity index (χ1n) is 17.3. The van der Waals surface area contributed by atoms with E-state index >= 15 is 0 Å². The summed E-state index contributed by atoms with van der Waals surface area (Å²) in [4.78, 5) is 62.0. The first kappa shape index (κ1) is 42.4. The Bertz CT molecular complexity index is 2120. The highest BCUT2D eigenvalue weighted by molar-refractivity contribution is 6.01. The van der Waals surface area contributed by atoms with E-state index in [9.17, 15) is 19.2 Å². The van der Waals surface area contributed by atoms with Crippen LogP contribution in [0.15, 0.2) is 79.1 Å². The van der Waals surface area contributed by atoms with Crippen LogP contribution in [0.1, 0.15) is 85.7 Å². The van der Waals surface area contributed by atoms with Crippen molar-refractivity contribution in [2.24, 2.45) is 16.2 Å². The molecule has 5 aromatic rings. The first-order valence-corrected chi connectivity index (χ1v) is 17.3. The molecule has 0 aliphatic rings. The Morgan fingerprint density at radius 3 is 1.80 bits per heavy atom. The van der Waals surface area contributed by atoms with Crippen LogP contribution in [-0.4, -0.2) is 38.5 Å². The molecule has 0 atom stereocenters. The molecule has 3 heterocycles. The van der Waals surface area contributed by atoms with Crippen LogP contribution < -0.4 is 27.4 Å². The van der Waals surface area contributed by atoms with Crippen LogP contribution in [-0.2, 0) is 20.8 Å². The minimum Gasteiger partial charge on any atom is -0.399 e. The lowest BCUT2D eigenvalue weighted by molar-refractivity contribution is -0.123. The van der Waals surface area contributed by atoms with Gasteiger partial charge in [-0.15, -0.1) is 0 Å². The highest BCUT2D eigenvalue weighted by atomic mass is 16.2. The number of carbonyl (C=O) groups is 4. The minimum atomic E-state index is -0.645. The number of anilines is 5. The van der Waals surface area contributed by atoms with E-state index in [1.807, 2.05) is 51.1 Å². The highest BCUT2D eigenvalue weighted by Gasteiger charge is 2.25. The number of pyridine rings is 2. The summed E-state index contributed by atoms with van der Waals surface area (Å²) in [6, 6.07) is 19.9. The summed E-state index contributed by atoms with van der Waals surface area (Å²) in [6.45, 7) is 16.2. The van der Waals surface area contributed by atoms with Gasteiger partial charge in [-0.05, 0) is 65.7 Å². The van der Waals surface area contributed by atoms with Crippen LogP contribution in [0.2, 0.25) is 0 Å². The zero-order chi connectivity index (χ0) is 39.3. The molecule has 0 aliphatic carbocycles. The fraction of sp³-hybridized carbons (Fsp3) is 0.333. The van der Waals surface area contributed by atoms with E-state index < -0.39 is 16.2 Å². The third kappa shape index (κ3) is 11.5. The van der Waals surface area contributed by atoms with Crippen molar-refractivity contribution >= 4 is 63.1 Å². The maximum atomic E-state index is 13.1. The molecular formula is C42H54N8O4. The molecule has 0 unspecified atom stereocenters. The largest absolute Gasteiger partial charge is 0.399 e. The quantitative estimate of drug-likeness (QED) is 0.0706. The molecule has 0 bridgehead atoms. The fourth-order valence-corrected chi connectivity index (χ4v) is 4.64. The molecule has 0 radical (unpaired) electrons. The Hall–Kier alpha value is -6.04. The normalized spacial score (nSPS) is 11.4. The van der Waals surface area contributed by atoms with Gasteiger partial charge in [-0.3, -0.25) is 19.2 Å². The molecule has 12 heteroatoms. The molecule has 0 saturated carbocycles. The number of carbonyl (C=O) groups excluding carboxylic acids is 4. The number of aromatic nitrogens is 3. The summed E-state index contributed by atoms with van der Waals surface area (Å²) in [5.41, 5.74) is 15.4. The number of H-pyrrole nitrogens is 1. The van der Waals surface area contributed by atoms with Gasteiger partial charge in [0.2, 0.25) is 17.7 Å². The molecular weight excluding hydrogens is 681 g/mol. The number of amides is 3. The van der Waals surface area contributed by atoms with Crippen LogP contribution in [0.4, 0.5) is 28.7 Å². The first-order chi connectivity index (χ1) is 24.6. The Kier molecular flexibility index (Phi) is 13.1. The van der Waals surface area contributed by atoms with Gasteiger partial charge in [0.15, 0.2) is 5.78 Å². The van der Waals surface area contributed by atoms with Crippen molar-refractivity contribution in [3.8, 4) is 11.3 Å². The van der Waals surface area contributed by atoms with Crippen molar-refractivity contribution in [3.05, 3.63) is 90.3 Å². The summed E-state index contributed by atoms with van der Waals surface area (Å²) < 4.78 is 0. The molecule has 8 N–H and O–H groups in total. The van der Waals surface area contributed by atoms with Crippen LogP contribution in [0.5, 0.6) is 0 Å². The summed E-state index contributed by atoms with van der Waals surface area (Å²) in [5, 5.41) is 9.51. The number of ketones is 1. The Balaban J connectivity index is 0.000000360. The Labute approximate surface area is 317 Å². The van der Waals surface area contributed by atoms with Crippen molar-refractivity contribution in [3.63, 3.8) is 0 Å². The number of rotatable bonds is 7. The highest BCUT2D eigenvalue weighted by Crippen LogP contribution is 2.27. The third-order valence-corrected chi connectivity index (χ3v) is 8.09. The maximum Gasteiger partial charge on any atom is 0.230 e. The molecule has 3 aromatic heterocycles. The van der Waals surface area contributed by atoms with Gasteiger partial charge >= 0.3 is 0 Å². The summed E-state index contributed by atoms with van der Waals surface area (Å²) >= 11 is 0. The van der Waals surface area contributed by atoms with Crippen molar-refractivity contribution in [2.45, 2.75) is 76.2 Å². The van der Waals surface area contributed by atoms with Gasteiger partial charge in [0.1, 0.15) is 11.6 Å². The molecule has 0 saturated heterocycles. The number of aromatic amines is 1. The molecule has 0 spiro atoms. The predicted molar refractivity (Wildman–Crippen MR) is 220 cm³/mol. The summed E-state index contributed by atoms with van der Waals surface area (Å²) in [7, 11) is 0. The van der Waals surface area contributed by atoms with Gasteiger partial charge in [0.05, 0.1) is 23.6 Å². The average Bonchev–Trinajstić information content (AvgIpc) is 3.48. The molecule has 12 nitrogen and oxygen atoms in total. The molecule has 0 aliphatic heterocycles. The SMILES string of the molecule is C.CC(C)(C)C(=O)Nc1ccc(C(=O)Cc2cc(NC(=O)C(C)(C)C)ncc2NC(=O)C(C)(C)C)cc1.Nc1ccc(-c2cc3cc(N)ncc3[nH]2)cc1. The van der Waals surface area contributed by atoms with Gasteiger partial charge in [0.25, 0.3) is 0 Å². The second-order valence-corrected chi connectivity index (χ2v) is 16.0.